The average molecular weight is 505 g/mol. The third kappa shape index (κ3) is 5.07. The number of hydrogen-bond donors (Lipinski definition) is 0. The van der Waals surface area contributed by atoms with Gasteiger partial charge in [0, 0.05) is 22.3 Å². The molecule has 3 aromatic carbocycles. The molecule has 0 saturated heterocycles. The Hall–Kier alpha value is -4.32. The van der Waals surface area contributed by atoms with E-state index in [1.54, 1.807) is 6.08 Å². The summed E-state index contributed by atoms with van der Waals surface area (Å²) in [6.45, 7) is 17.1. The van der Waals surface area contributed by atoms with Gasteiger partial charge in [0.25, 0.3) is 0 Å². The largest absolute Gasteiger partial charge is 0.416 e. The molecule has 0 spiro atoms. The van der Waals surface area contributed by atoms with Crippen molar-refractivity contribution in [2.24, 2.45) is 0 Å². The van der Waals surface area contributed by atoms with Gasteiger partial charge in [0.15, 0.2) is 0 Å². The SMILES string of the molecule is C=Cc1cc(-c2nnc(-c3ccc(C(C)(C)C)cc3)o2)ccc1-c1nnc(-c2ccc(C(C)(C)C)cc2)o1. The molecule has 0 aliphatic carbocycles. The molecule has 0 fully saturated rings. The van der Waals surface area contributed by atoms with Gasteiger partial charge in [-0.1, -0.05) is 78.5 Å². The van der Waals surface area contributed by atoms with Gasteiger partial charge in [0.1, 0.15) is 0 Å². The van der Waals surface area contributed by atoms with Crippen LogP contribution in [0.25, 0.3) is 51.9 Å². The second kappa shape index (κ2) is 9.53. The Labute approximate surface area is 223 Å². The number of hydrogen-bond acceptors (Lipinski definition) is 6. The van der Waals surface area contributed by atoms with Gasteiger partial charge in [-0.3, -0.25) is 0 Å². The highest BCUT2D eigenvalue weighted by atomic mass is 16.4. The Balaban J connectivity index is 1.40. The molecule has 0 radical (unpaired) electrons. The first-order valence-corrected chi connectivity index (χ1v) is 12.7. The molecule has 0 aliphatic rings. The van der Waals surface area contributed by atoms with E-state index in [2.05, 4.69) is 92.8 Å². The van der Waals surface area contributed by atoms with E-state index in [1.165, 1.54) is 11.1 Å². The molecule has 2 heterocycles. The van der Waals surface area contributed by atoms with Crippen LogP contribution in [0.1, 0.15) is 58.2 Å². The maximum Gasteiger partial charge on any atom is 0.248 e. The van der Waals surface area contributed by atoms with Crippen LogP contribution in [0.2, 0.25) is 0 Å². The van der Waals surface area contributed by atoms with Gasteiger partial charge >= 0.3 is 0 Å². The van der Waals surface area contributed by atoms with Crippen LogP contribution in [0.15, 0.2) is 82.1 Å². The summed E-state index contributed by atoms with van der Waals surface area (Å²) in [6.07, 6.45) is 1.75. The molecule has 0 N–H and O–H groups in total. The zero-order valence-electron chi connectivity index (χ0n) is 22.7. The van der Waals surface area contributed by atoms with Crippen molar-refractivity contribution in [3.63, 3.8) is 0 Å². The third-order valence-corrected chi connectivity index (χ3v) is 6.59. The van der Waals surface area contributed by atoms with Crippen molar-refractivity contribution in [2.45, 2.75) is 52.4 Å². The van der Waals surface area contributed by atoms with Crippen molar-refractivity contribution in [2.75, 3.05) is 0 Å². The van der Waals surface area contributed by atoms with Crippen LogP contribution in [0.5, 0.6) is 0 Å². The Morgan fingerprint density at radius 3 is 1.39 bits per heavy atom. The topological polar surface area (TPSA) is 77.8 Å². The summed E-state index contributed by atoms with van der Waals surface area (Å²) in [5.41, 5.74) is 6.81. The molecule has 0 aliphatic heterocycles. The Morgan fingerprint density at radius 2 is 0.947 bits per heavy atom. The molecule has 5 rings (SSSR count). The molecular weight excluding hydrogens is 472 g/mol. The maximum absolute atomic E-state index is 6.04. The minimum absolute atomic E-state index is 0.0785. The van der Waals surface area contributed by atoms with Gasteiger partial charge in [-0.2, -0.15) is 0 Å². The van der Waals surface area contributed by atoms with E-state index in [9.17, 15) is 0 Å². The van der Waals surface area contributed by atoms with Crippen LogP contribution in [-0.4, -0.2) is 20.4 Å². The second-order valence-corrected chi connectivity index (χ2v) is 11.5. The van der Waals surface area contributed by atoms with E-state index >= 15 is 0 Å². The maximum atomic E-state index is 6.04. The molecule has 6 nitrogen and oxygen atoms in total. The van der Waals surface area contributed by atoms with Crippen LogP contribution in [0.4, 0.5) is 0 Å². The minimum Gasteiger partial charge on any atom is -0.416 e. The lowest BCUT2D eigenvalue weighted by molar-refractivity contribution is 0.580. The smallest absolute Gasteiger partial charge is 0.248 e. The molecule has 6 heteroatoms. The molecular formula is C32H32N4O2. The van der Waals surface area contributed by atoms with Gasteiger partial charge in [-0.15, -0.1) is 20.4 Å². The number of nitrogens with zero attached hydrogens (tertiary/aromatic N) is 4. The van der Waals surface area contributed by atoms with Crippen LogP contribution in [0, 0.1) is 0 Å². The van der Waals surface area contributed by atoms with Crippen molar-refractivity contribution in [1.29, 1.82) is 0 Å². The third-order valence-electron chi connectivity index (χ3n) is 6.59. The van der Waals surface area contributed by atoms with E-state index in [1.807, 2.05) is 42.5 Å². The predicted octanol–water partition coefficient (Wildman–Crippen LogP) is 8.36. The van der Waals surface area contributed by atoms with Crippen LogP contribution < -0.4 is 0 Å². The molecule has 0 atom stereocenters. The summed E-state index contributed by atoms with van der Waals surface area (Å²) in [5.74, 6) is 1.80. The highest BCUT2D eigenvalue weighted by Crippen LogP contribution is 2.33. The van der Waals surface area contributed by atoms with Crippen LogP contribution >= 0.6 is 0 Å². The van der Waals surface area contributed by atoms with Gasteiger partial charge in [-0.05, 0) is 70.0 Å². The normalized spacial score (nSPS) is 12.1. The number of benzene rings is 3. The fourth-order valence-corrected chi connectivity index (χ4v) is 4.19. The molecule has 0 bridgehead atoms. The monoisotopic (exact) mass is 504 g/mol. The first-order valence-electron chi connectivity index (χ1n) is 12.7. The van der Waals surface area contributed by atoms with Gasteiger partial charge < -0.3 is 8.83 Å². The van der Waals surface area contributed by atoms with E-state index in [0.29, 0.717) is 23.6 Å². The quantitative estimate of drug-likeness (QED) is 0.239. The second-order valence-electron chi connectivity index (χ2n) is 11.5. The van der Waals surface area contributed by atoms with E-state index < -0.39 is 0 Å². The predicted molar refractivity (Wildman–Crippen MR) is 151 cm³/mol. The highest BCUT2D eigenvalue weighted by Gasteiger charge is 2.19. The summed E-state index contributed by atoms with van der Waals surface area (Å²) in [5, 5.41) is 17.1. The first kappa shape index (κ1) is 25.3. The Bertz CT molecular complexity index is 1580. The van der Waals surface area contributed by atoms with Gasteiger partial charge in [-0.25, -0.2) is 0 Å². The standard InChI is InChI=1S/C32H32N4O2/c1-8-20-19-23(29-35-33-27(37-29)21-9-14-24(15-10-21)31(2,3)4)13-18-26(20)30-36-34-28(38-30)22-11-16-25(17-12-22)32(5,6)7/h8-19H,1H2,2-7H3. The molecule has 38 heavy (non-hydrogen) atoms. The van der Waals surface area contributed by atoms with Crippen molar-refractivity contribution in [1.82, 2.24) is 20.4 Å². The summed E-state index contributed by atoms with van der Waals surface area (Å²) in [6, 6.07) is 22.2. The summed E-state index contributed by atoms with van der Waals surface area (Å²) < 4.78 is 12.1. The van der Waals surface area contributed by atoms with E-state index in [-0.39, 0.29) is 10.8 Å². The lowest BCUT2D eigenvalue weighted by atomic mass is 9.87. The Morgan fingerprint density at radius 1 is 0.553 bits per heavy atom. The van der Waals surface area contributed by atoms with Crippen molar-refractivity contribution in [3.8, 4) is 45.8 Å². The van der Waals surface area contributed by atoms with Crippen LogP contribution in [0.3, 0.4) is 0 Å². The summed E-state index contributed by atoms with van der Waals surface area (Å²) >= 11 is 0. The average Bonchev–Trinajstić information content (AvgIpc) is 3.58. The van der Waals surface area contributed by atoms with Crippen molar-refractivity contribution >= 4 is 6.08 Å². The van der Waals surface area contributed by atoms with Gasteiger partial charge in [0.2, 0.25) is 23.6 Å². The molecule has 5 aromatic rings. The number of aromatic nitrogens is 4. The zero-order valence-corrected chi connectivity index (χ0v) is 22.7. The van der Waals surface area contributed by atoms with E-state index in [4.69, 9.17) is 8.83 Å². The summed E-state index contributed by atoms with van der Waals surface area (Å²) in [7, 11) is 0. The fraction of sp³-hybridized carbons (Fsp3) is 0.250. The molecule has 2 aromatic heterocycles. The van der Waals surface area contributed by atoms with Crippen LogP contribution in [-0.2, 0) is 10.8 Å². The lowest BCUT2D eigenvalue weighted by Gasteiger charge is -2.18. The molecule has 192 valence electrons. The Kier molecular flexibility index (Phi) is 6.35. The molecule has 0 saturated carbocycles. The van der Waals surface area contributed by atoms with E-state index in [0.717, 1.165) is 27.8 Å². The fourth-order valence-electron chi connectivity index (χ4n) is 4.19. The van der Waals surface area contributed by atoms with Gasteiger partial charge in [0.05, 0.1) is 0 Å². The highest BCUT2D eigenvalue weighted by molar-refractivity contribution is 5.75. The number of rotatable bonds is 5. The zero-order chi connectivity index (χ0) is 27.1. The molecule has 0 amide bonds. The van der Waals surface area contributed by atoms with Crippen molar-refractivity contribution < 1.29 is 8.83 Å². The first-order chi connectivity index (χ1) is 18.0. The molecule has 0 unspecified atom stereocenters. The summed E-state index contributed by atoms with van der Waals surface area (Å²) in [4.78, 5) is 0. The lowest BCUT2D eigenvalue weighted by Crippen LogP contribution is -2.10. The van der Waals surface area contributed by atoms with Crippen molar-refractivity contribution in [3.05, 3.63) is 90.0 Å². The minimum atomic E-state index is 0.0785.